The predicted molar refractivity (Wildman–Crippen MR) is 79.8 cm³/mol. The minimum absolute atomic E-state index is 0.0484. The van der Waals surface area contributed by atoms with Crippen LogP contribution >= 0.6 is 0 Å². The highest BCUT2D eigenvalue weighted by atomic mass is 16.5. The summed E-state index contributed by atoms with van der Waals surface area (Å²) in [5.74, 6) is 0.716. The number of aromatic nitrogens is 2. The molecule has 1 heterocycles. The number of carbonyl (C=O) groups excluding carboxylic acids is 1. The zero-order valence-corrected chi connectivity index (χ0v) is 12.5. The number of methoxy groups -OCH3 is 1. The molecule has 0 saturated heterocycles. The van der Waals surface area contributed by atoms with Crippen LogP contribution in [0.4, 0.5) is 5.95 Å². The largest absolute Gasteiger partial charge is 0.382 e. The lowest BCUT2D eigenvalue weighted by Gasteiger charge is -2.17. The fourth-order valence-corrected chi connectivity index (χ4v) is 2.16. The summed E-state index contributed by atoms with van der Waals surface area (Å²) >= 11 is 0. The Hall–Kier alpha value is -1.88. The van der Waals surface area contributed by atoms with Crippen LogP contribution in [0.3, 0.4) is 0 Å². The van der Waals surface area contributed by atoms with Crippen LogP contribution in [0.25, 0.3) is 11.0 Å². The molecule has 0 spiro atoms. The first-order valence-corrected chi connectivity index (χ1v) is 6.75. The number of carbonyl (C=O) groups is 1. The number of nitrogens with zero attached hydrogens (tertiary/aromatic N) is 3. The summed E-state index contributed by atoms with van der Waals surface area (Å²) in [4.78, 5) is 18.3. The molecule has 2 rings (SSSR count). The molecule has 0 fully saturated rings. The predicted octanol–water partition coefficient (Wildman–Crippen LogP) is 2.35. The number of fused-ring (bicyclic) bond motifs is 1. The molecule has 5 nitrogen and oxygen atoms in total. The van der Waals surface area contributed by atoms with Gasteiger partial charge in [-0.05, 0) is 25.5 Å². The van der Waals surface area contributed by atoms with Crippen molar-refractivity contribution in [2.45, 2.75) is 25.9 Å². The molecule has 1 amide bonds. The van der Waals surface area contributed by atoms with Gasteiger partial charge in [0.05, 0.1) is 17.1 Å². The third kappa shape index (κ3) is 2.82. The standard InChI is InChI=1S/C15H21N3O2/c1-11(20-4)9-10-14(19)18(3)15-16-12-7-5-6-8-13(12)17(15)2/h5-8,11H,9-10H2,1-4H3/t11-/m1/s1. The van der Waals surface area contributed by atoms with Crippen molar-refractivity contribution in [1.29, 1.82) is 0 Å². The Kier molecular flexibility index (Phi) is 4.39. The summed E-state index contributed by atoms with van der Waals surface area (Å²) in [5, 5.41) is 0. The lowest BCUT2D eigenvalue weighted by molar-refractivity contribution is -0.119. The van der Waals surface area contributed by atoms with E-state index in [4.69, 9.17) is 4.74 Å². The fraction of sp³-hybridized carbons (Fsp3) is 0.467. The van der Waals surface area contributed by atoms with Crippen molar-refractivity contribution in [3.8, 4) is 0 Å². The summed E-state index contributed by atoms with van der Waals surface area (Å²) in [6.45, 7) is 1.96. The molecule has 1 aromatic heterocycles. The van der Waals surface area contributed by atoms with E-state index < -0.39 is 0 Å². The van der Waals surface area contributed by atoms with Gasteiger partial charge < -0.3 is 9.30 Å². The second-order valence-electron chi connectivity index (χ2n) is 5.00. The van der Waals surface area contributed by atoms with Gasteiger partial charge in [-0.1, -0.05) is 12.1 Å². The number of rotatable bonds is 5. The van der Waals surface area contributed by atoms with E-state index >= 15 is 0 Å². The summed E-state index contributed by atoms with van der Waals surface area (Å²) in [5.41, 5.74) is 1.92. The van der Waals surface area contributed by atoms with Crippen LogP contribution in [0.1, 0.15) is 19.8 Å². The summed E-state index contributed by atoms with van der Waals surface area (Å²) < 4.78 is 7.10. The van der Waals surface area contributed by atoms with E-state index in [-0.39, 0.29) is 12.0 Å². The van der Waals surface area contributed by atoms with Crippen LogP contribution in [0.5, 0.6) is 0 Å². The van der Waals surface area contributed by atoms with Gasteiger partial charge in [0.25, 0.3) is 0 Å². The molecule has 20 heavy (non-hydrogen) atoms. The average molecular weight is 275 g/mol. The van der Waals surface area contributed by atoms with E-state index in [9.17, 15) is 4.79 Å². The topological polar surface area (TPSA) is 47.4 Å². The maximum absolute atomic E-state index is 12.2. The van der Waals surface area contributed by atoms with Gasteiger partial charge in [0, 0.05) is 27.6 Å². The lowest BCUT2D eigenvalue weighted by Crippen LogP contribution is -2.29. The van der Waals surface area contributed by atoms with Crippen molar-refractivity contribution >= 4 is 22.9 Å². The van der Waals surface area contributed by atoms with Gasteiger partial charge in [-0.15, -0.1) is 0 Å². The van der Waals surface area contributed by atoms with Crippen LogP contribution in [0.15, 0.2) is 24.3 Å². The van der Waals surface area contributed by atoms with Crippen LogP contribution in [-0.2, 0) is 16.6 Å². The van der Waals surface area contributed by atoms with Crippen LogP contribution < -0.4 is 4.90 Å². The third-order valence-electron chi connectivity index (χ3n) is 3.60. The number of anilines is 1. The minimum Gasteiger partial charge on any atom is -0.382 e. The van der Waals surface area contributed by atoms with Gasteiger partial charge in [-0.25, -0.2) is 4.98 Å². The lowest BCUT2D eigenvalue weighted by atomic mass is 10.2. The van der Waals surface area contributed by atoms with E-state index in [2.05, 4.69) is 4.98 Å². The van der Waals surface area contributed by atoms with Crippen LogP contribution in [0, 0.1) is 0 Å². The van der Waals surface area contributed by atoms with E-state index in [1.54, 1.807) is 19.1 Å². The Morgan fingerprint density at radius 2 is 2.15 bits per heavy atom. The Morgan fingerprint density at radius 3 is 2.80 bits per heavy atom. The zero-order chi connectivity index (χ0) is 14.7. The van der Waals surface area contributed by atoms with Crippen molar-refractivity contribution in [2.24, 2.45) is 7.05 Å². The van der Waals surface area contributed by atoms with Crippen molar-refractivity contribution < 1.29 is 9.53 Å². The number of ether oxygens (including phenoxy) is 1. The number of benzene rings is 1. The third-order valence-corrected chi connectivity index (χ3v) is 3.60. The number of amides is 1. The fourth-order valence-electron chi connectivity index (χ4n) is 2.16. The first-order valence-electron chi connectivity index (χ1n) is 6.75. The van der Waals surface area contributed by atoms with Crippen molar-refractivity contribution in [3.63, 3.8) is 0 Å². The molecule has 0 aliphatic carbocycles. The smallest absolute Gasteiger partial charge is 0.229 e. The summed E-state index contributed by atoms with van der Waals surface area (Å²) in [7, 11) is 5.34. The molecule has 0 unspecified atom stereocenters. The maximum Gasteiger partial charge on any atom is 0.229 e. The Balaban J connectivity index is 2.16. The Bertz CT molecular complexity index is 606. The Morgan fingerprint density at radius 1 is 1.45 bits per heavy atom. The van der Waals surface area contributed by atoms with Gasteiger partial charge in [0.1, 0.15) is 0 Å². The quantitative estimate of drug-likeness (QED) is 0.841. The summed E-state index contributed by atoms with van der Waals surface area (Å²) in [6.07, 6.45) is 1.26. The second kappa shape index (κ2) is 6.05. The molecule has 108 valence electrons. The number of aryl methyl sites for hydroxylation is 1. The van der Waals surface area contributed by atoms with E-state index in [1.807, 2.05) is 42.8 Å². The maximum atomic E-state index is 12.2. The first-order chi connectivity index (χ1) is 9.54. The van der Waals surface area contributed by atoms with E-state index in [0.717, 1.165) is 11.0 Å². The second-order valence-corrected chi connectivity index (χ2v) is 5.00. The number of hydrogen-bond donors (Lipinski definition) is 0. The molecule has 0 aliphatic heterocycles. The highest BCUT2D eigenvalue weighted by molar-refractivity contribution is 5.93. The molecule has 1 aromatic carbocycles. The molecule has 0 aliphatic rings. The zero-order valence-electron chi connectivity index (χ0n) is 12.5. The molecule has 0 N–H and O–H groups in total. The van der Waals surface area contributed by atoms with Crippen molar-refractivity contribution in [2.75, 3.05) is 19.1 Å². The molecular weight excluding hydrogens is 254 g/mol. The molecule has 1 atom stereocenters. The number of imidazole rings is 1. The van der Waals surface area contributed by atoms with Gasteiger partial charge >= 0.3 is 0 Å². The first kappa shape index (κ1) is 14.5. The average Bonchev–Trinajstić information content (AvgIpc) is 2.81. The summed E-state index contributed by atoms with van der Waals surface area (Å²) in [6, 6.07) is 7.86. The SMILES string of the molecule is CO[C@H](C)CCC(=O)N(C)c1nc2ccccc2n1C. The van der Waals surface area contributed by atoms with Gasteiger partial charge in [-0.2, -0.15) is 0 Å². The monoisotopic (exact) mass is 275 g/mol. The minimum atomic E-state index is 0.0484. The van der Waals surface area contributed by atoms with Gasteiger partial charge in [0.15, 0.2) is 0 Å². The normalized spacial score (nSPS) is 12.6. The molecule has 0 saturated carbocycles. The molecule has 0 radical (unpaired) electrons. The van der Waals surface area contributed by atoms with Gasteiger partial charge in [0.2, 0.25) is 11.9 Å². The molecule has 2 aromatic rings. The number of para-hydroxylation sites is 2. The molecular formula is C15H21N3O2. The van der Waals surface area contributed by atoms with Crippen molar-refractivity contribution in [1.82, 2.24) is 9.55 Å². The number of hydrogen-bond acceptors (Lipinski definition) is 3. The highest BCUT2D eigenvalue weighted by Crippen LogP contribution is 2.20. The Labute approximate surface area is 119 Å². The molecule has 5 heteroatoms. The van der Waals surface area contributed by atoms with Crippen LogP contribution in [-0.4, -0.2) is 35.7 Å². The highest BCUT2D eigenvalue weighted by Gasteiger charge is 2.17. The van der Waals surface area contributed by atoms with E-state index in [1.165, 1.54) is 0 Å². The van der Waals surface area contributed by atoms with Gasteiger partial charge in [-0.3, -0.25) is 9.69 Å². The molecule has 0 bridgehead atoms. The van der Waals surface area contributed by atoms with E-state index in [0.29, 0.717) is 18.8 Å². The van der Waals surface area contributed by atoms with Crippen molar-refractivity contribution in [3.05, 3.63) is 24.3 Å². The van der Waals surface area contributed by atoms with Crippen LogP contribution in [0.2, 0.25) is 0 Å².